The molecule has 1 aliphatic heterocycles. The van der Waals surface area contributed by atoms with Gasteiger partial charge in [-0.05, 0) is 24.6 Å². The molecule has 1 aromatic rings. The average molecular weight is 823 g/mol. The van der Waals surface area contributed by atoms with Gasteiger partial charge in [-0.3, -0.25) is 19.2 Å². The van der Waals surface area contributed by atoms with Gasteiger partial charge in [-0.2, -0.15) is 62.9 Å². The number of carbonyl (C=O) groups is 4. The maximum absolute atomic E-state index is 12.8. The van der Waals surface area contributed by atoms with Gasteiger partial charge in [-0.1, -0.05) is 52.0 Å². The SMILES string of the molecule is C[C@H]1C[N-]C(CCCNC(=O)CC(CC(=O)O)NC(=O)CNC(=O)c2cccc(N=C(N)N)c2)C[N-]C2CCCC[C@H]2[N-]CC[N-][C@@H](C)C[N-]1.[Cl][Mn][Cl]. The number of carboxylic acids is 1. The van der Waals surface area contributed by atoms with Crippen LogP contribution in [0.4, 0.5) is 5.69 Å². The predicted molar refractivity (Wildman–Crippen MR) is 207 cm³/mol. The second kappa shape index (κ2) is 26.9. The van der Waals surface area contributed by atoms with Crippen LogP contribution in [0.5, 0.6) is 0 Å². The molecule has 3 amide bonds. The molecule has 0 bridgehead atoms. The van der Waals surface area contributed by atoms with Crippen molar-refractivity contribution in [3.8, 4) is 0 Å². The van der Waals surface area contributed by atoms with Gasteiger partial charge in [0.05, 0.1) is 18.7 Å². The van der Waals surface area contributed by atoms with Crippen LogP contribution in [0.25, 0.3) is 26.6 Å². The Hall–Kier alpha value is -2.73. The molecule has 1 saturated heterocycles. The van der Waals surface area contributed by atoms with Gasteiger partial charge in [-0.15, -0.1) is 0 Å². The summed E-state index contributed by atoms with van der Waals surface area (Å²) in [4.78, 5) is 53.2. The molecule has 53 heavy (non-hydrogen) atoms. The van der Waals surface area contributed by atoms with Gasteiger partial charge in [0.1, 0.15) is 0 Å². The summed E-state index contributed by atoms with van der Waals surface area (Å²) in [7, 11) is 9.59. The number of aliphatic imine (C=N–C) groups is 1. The fraction of sp³-hybridized carbons (Fsp3) is 0.676. The molecule has 0 aromatic heterocycles. The van der Waals surface area contributed by atoms with E-state index in [-0.39, 0.29) is 67.2 Å². The molecule has 1 heterocycles. The average Bonchev–Trinajstić information content (AvgIpc) is 3.11. The third kappa shape index (κ3) is 21.1. The Bertz CT molecular complexity index is 1300. The summed E-state index contributed by atoms with van der Waals surface area (Å²) in [5.41, 5.74) is 11.4. The number of nitrogens with zero attached hydrogens (tertiary/aromatic N) is 6. The number of rotatable bonds is 13. The second-order valence-corrected chi connectivity index (χ2v) is 15.0. The van der Waals surface area contributed by atoms with Gasteiger partial charge in [0, 0.05) is 24.6 Å². The minimum atomic E-state index is -1.17. The number of carboxylic acid groups (broad SMARTS) is 1. The Balaban J connectivity index is 0.00000313. The van der Waals surface area contributed by atoms with Gasteiger partial charge in [-0.25, -0.2) is 4.99 Å². The molecule has 301 valence electrons. The van der Waals surface area contributed by atoms with Crippen molar-refractivity contribution in [2.24, 2.45) is 16.5 Å². The Labute approximate surface area is 327 Å². The summed E-state index contributed by atoms with van der Waals surface area (Å²) in [6.45, 7) is 7.38. The molecule has 6 atom stereocenters. The van der Waals surface area contributed by atoms with Crippen molar-refractivity contribution in [1.82, 2.24) is 16.0 Å². The van der Waals surface area contributed by atoms with Crippen LogP contribution in [-0.4, -0.2) is 117 Å². The van der Waals surface area contributed by atoms with E-state index in [4.69, 9.17) is 58.2 Å². The van der Waals surface area contributed by atoms with Gasteiger partial charge in [0.25, 0.3) is 5.91 Å². The molecule has 2 aliphatic rings. The first-order chi connectivity index (χ1) is 25.4. The van der Waals surface area contributed by atoms with Gasteiger partial charge < -0.3 is 59.1 Å². The van der Waals surface area contributed by atoms with Crippen LogP contribution in [0.1, 0.15) is 75.6 Å². The first-order valence-corrected chi connectivity index (χ1v) is 21.1. The van der Waals surface area contributed by atoms with E-state index in [1.54, 1.807) is 12.1 Å². The van der Waals surface area contributed by atoms with Crippen LogP contribution in [0.15, 0.2) is 29.3 Å². The van der Waals surface area contributed by atoms with E-state index in [0.717, 1.165) is 32.2 Å². The molecule has 3 unspecified atom stereocenters. The monoisotopic (exact) mass is 821 g/mol. The van der Waals surface area contributed by atoms with E-state index < -0.39 is 36.8 Å². The van der Waals surface area contributed by atoms with Crippen LogP contribution in [0.2, 0.25) is 0 Å². The Morgan fingerprint density at radius 2 is 1.57 bits per heavy atom. The fourth-order valence-corrected chi connectivity index (χ4v) is 5.92. The Morgan fingerprint density at radius 3 is 2.26 bits per heavy atom. The zero-order valence-corrected chi connectivity index (χ0v) is 33.1. The first-order valence-electron chi connectivity index (χ1n) is 17.9. The van der Waals surface area contributed by atoms with Crippen molar-refractivity contribution in [3.63, 3.8) is 0 Å². The molecule has 1 aromatic carbocycles. The number of nitrogens with two attached hydrogens (primary N) is 2. The normalized spacial score (nSPS) is 23.2. The van der Waals surface area contributed by atoms with Gasteiger partial charge >= 0.3 is 39.3 Å². The van der Waals surface area contributed by atoms with Gasteiger partial charge in [0.15, 0.2) is 5.96 Å². The Kier molecular flexibility index (Phi) is 23.6. The number of halogens is 2. The molecule has 0 radical (unpaired) electrons. The van der Waals surface area contributed by atoms with Gasteiger partial charge in [0.2, 0.25) is 11.8 Å². The van der Waals surface area contributed by atoms with E-state index in [1.165, 1.54) is 18.6 Å². The minimum absolute atomic E-state index is 0.00694. The number of aliphatic carboxylic acids is 1. The third-order valence-electron chi connectivity index (χ3n) is 8.49. The van der Waals surface area contributed by atoms with Crippen LogP contribution in [0, 0.1) is 0 Å². The van der Waals surface area contributed by atoms with E-state index in [1.807, 2.05) is 0 Å². The second-order valence-electron chi connectivity index (χ2n) is 13.1. The zero-order valence-electron chi connectivity index (χ0n) is 30.4. The van der Waals surface area contributed by atoms with E-state index in [2.05, 4.69) is 34.8 Å². The summed E-state index contributed by atoms with van der Waals surface area (Å²) in [5.74, 6) is -2.91. The number of hydrogen-bond acceptors (Lipinski definition) is 5. The molecule has 16 nitrogen and oxygen atoms in total. The van der Waals surface area contributed by atoms with Crippen molar-refractivity contribution in [2.75, 3.05) is 45.8 Å². The topological polar surface area (TPSA) is 260 Å². The van der Waals surface area contributed by atoms with E-state index in [9.17, 15) is 24.3 Å². The number of benzene rings is 1. The van der Waals surface area contributed by atoms with Crippen molar-refractivity contribution >= 4 is 55.5 Å². The summed E-state index contributed by atoms with van der Waals surface area (Å²) in [5, 5.41) is 41.6. The molecular formula is C34H54Cl2MnN11O5-5. The standard InChI is InChI=1S/C34H54N11O5.2ClH.Mn/c1-22-18-40-23(2)19-41-26(20-42-29-11-4-3-10-28(29)38-14-13-37-22)9-6-12-39-30(46)16-27(17-32(48)49)44-31(47)21-43-33(50)24-7-5-8-25(15-24)45-34(35)36;;;/h5,7-8,15,22-23,26-29H,3-4,6,9-14,16-21H2,1-2H3,(H,39,46)(H,43,50)(H,44,47)(H,48,49)(H4,35,36,45);2*1H;/q-5;;;+2/p-2/t22-,23-,26?,27?,28+,29?;;;/m0.../s1. The summed E-state index contributed by atoms with van der Waals surface area (Å²) < 4.78 is 0. The summed E-state index contributed by atoms with van der Waals surface area (Å²) in [6.07, 6.45) is 5.10. The van der Waals surface area contributed by atoms with Crippen molar-refractivity contribution < 1.29 is 37.4 Å². The molecule has 19 heteroatoms. The number of carbonyl (C=O) groups excluding carboxylic acids is 3. The van der Waals surface area contributed by atoms with Crippen molar-refractivity contribution in [2.45, 2.75) is 101 Å². The fourth-order valence-electron chi connectivity index (χ4n) is 5.92. The van der Waals surface area contributed by atoms with E-state index >= 15 is 0 Å². The maximum atomic E-state index is 12.8. The molecule has 2 fully saturated rings. The van der Waals surface area contributed by atoms with Crippen LogP contribution >= 0.6 is 20.2 Å². The molecular weight excluding hydrogens is 768 g/mol. The van der Waals surface area contributed by atoms with Crippen LogP contribution in [-0.2, 0) is 27.5 Å². The third-order valence-corrected chi connectivity index (χ3v) is 8.49. The number of guanidine groups is 1. The molecule has 1 aliphatic carbocycles. The zero-order chi connectivity index (χ0) is 39.0. The number of nitrogens with one attached hydrogen (secondary N) is 3. The molecule has 0 spiro atoms. The summed E-state index contributed by atoms with van der Waals surface area (Å²) in [6, 6.07) is 5.85. The first kappa shape index (κ1) is 46.4. The van der Waals surface area contributed by atoms with Crippen LogP contribution < -0.4 is 27.4 Å². The molecule has 8 N–H and O–H groups in total. The van der Waals surface area contributed by atoms with Crippen LogP contribution in [0.3, 0.4) is 0 Å². The Morgan fingerprint density at radius 1 is 0.906 bits per heavy atom. The van der Waals surface area contributed by atoms with Crippen molar-refractivity contribution in [1.29, 1.82) is 0 Å². The molecule has 3 rings (SSSR count). The predicted octanol–water partition coefficient (Wildman–Crippen LogP) is 4.28. The number of amides is 3. The molecule has 1 saturated carbocycles. The van der Waals surface area contributed by atoms with Crippen molar-refractivity contribution in [3.05, 3.63) is 56.4 Å². The quantitative estimate of drug-likeness (QED) is 0.0728. The number of hydrogen-bond donors (Lipinski definition) is 6. The number of fused-ring (bicyclic) bond motifs is 1. The van der Waals surface area contributed by atoms with E-state index in [0.29, 0.717) is 44.8 Å². The summed E-state index contributed by atoms with van der Waals surface area (Å²) >= 11 is 0.00694.